The van der Waals surface area contributed by atoms with Crippen molar-refractivity contribution in [1.29, 1.82) is 0 Å². The van der Waals surface area contributed by atoms with E-state index in [4.69, 9.17) is 11.5 Å². The van der Waals surface area contributed by atoms with Crippen LogP contribution in [0.2, 0.25) is 0 Å². The predicted octanol–water partition coefficient (Wildman–Crippen LogP) is 3.23. The van der Waals surface area contributed by atoms with E-state index >= 15 is 0 Å². The molecule has 0 radical (unpaired) electrons. The molecular formula is C16H19N3O. The van der Waals surface area contributed by atoms with E-state index in [0.29, 0.717) is 22.9 Å². The Morgan fingerprint density at radius 3 is 2.55 bits per heavy atom. The fraction of sp³-hybridized carbons (Fsp3) is 0.188. The lowest BCUT2D eigenvalue weighted by Gasteiger charge is -2.13. The number of nitrogens with two attached hydrogens (primary N) is 2. The molecule has 0 aliphatic carbocycles. The molecule has 104 valence electrons. The fourth-order valence-corrected chi connectivity index (χ4v) is 2.01. The molecule has 0 fully saturated rings. The minimum atomic E-state index is -0.500. The van der Waals surface area contributed by atoms with Crippen LogP contribution >= 0.6 is 0 Å². The summed E-state index contributed by atoms with van der Waals surface area (Å²) in [5.74, 6) is -0.0569. The van der Waals surface area contributed by atoms with Crippen LogP contribution in [-0.4, -0.2) is 5.91 Å². The third kappa shape index (κ3) is 3.09. The average molecular weight is 269 g/mol. The van der Waals surface area contributed by atoms with Crippen LogP contribution in [0.25, 0.3) is 0 Å². The number of nitrogens with one attached hydrogen (secondary N) is 1. The molecule has 0 saturated carbocycles. The van der Waals surface area contributed by atoms with Crippen molar-refractivity contribution >= 4 is 23.0 Å². The van der Waals surface area contributed by atoms with Crippen molar-refractivity contribution < 1.29 is 4.79 Å². The lowest BCUT2D eigenvalue weighted by atomic mass is 10.0. The van der Waals surface area contributed by atoms with Crippen molar-refractivity contribution in [3.05, 3.63) is 53.6 Å². The fourth-order valence-electron chi connectivity index (χ4n) is 2.01. The topological polar surface area (TPSA) is 81.1 Å². The van der Waals surface area contributed by atoms with Gasteiger partial charge in [0.2, 0.25) is 0 Å². The molecule has 0 aromatic heterocycles. The molecule has 2 aromatic rings. The van der Waals surface area contributed by atoms with Crippen molar-refractivity contribution in [2.45, 2.75) is 19.8 Å². The Balaban J connectivity index is 2.35. The SMILES string of the molecule is CC(C)c1cccc(Nc2ccc(N)cc2C(N)=O)c1. The van der Waals surface area contributed by atoms with Gasteiger partial charge in [-0.25, -0.2) is 0 Å². The van der Waals surface area contributed by atoms with Crippen LogP contribution in [0.4, 0.5) is 17.1 Å². The summed E-state index contributed by atoms with van der Waals surface area (Å²) in [6, 6.07) is 13.2. The Morgan fingerprint density at radius 1 is 1.15 bits per heavy atom. The first kappa shape index (κ1) is 13.9. The normalized spacial score (nSPS) is 10.6. The van der Waals surface area contributed by atoms with Gasteiger partial charge in [0, 0.05) is 11.4 Å². The van der Waals surface area contributed by atoms with Gasteiger partial charge in [0.1, 0.15) is 0 Å². The van der Waals surface area contributed by atoms with Crippen LogP contribution in [0, 0.1) is 0 Å². The van der Waals surface area contributed by atoms with Gasteiger partial charge in [-0.3, -0.25) is 4.79 Å². The van der Waals surface area contributed by atoms with E-state index in [1.165, 1.54) is 5.56 Å². The number of anilines is 3. The van der Waals surface area contributed by atoms with E-state index in [2.05, 4.69) is 31.3 Å². The third-order valence-electron chi connectivity index (χ3n) is 3.14. The minimum absolute atomic E-state index is 0.389. The number of amides is 1. The van der Waals surface area contributed by atoms with Crippen LogP contribution in [-0.2, 0) is 0 Å². The molecule has 1 amide bonds. The van der Waals surface area contributed by atoms with Gasteiger partial charge in [0.05, 0.1) is 11.3 Å². The Bertz CT molecular complexity index is 635. The van der Waals surface area contributed by atoms with Gasteiger partial charge in [0.25, 0.3) is 5.91 Å². The Labute approximate surface area is 118 Å². The van der Waals surface area contributed by atoms with E-state index in [1.54, 1.807) is 18.2 Å². The second-order valence-electron chi connectivity index (χ2n) is 5.07. The number of primary amides is 1. The quantitative estimate of drug-likeness (QED) is 0.745. The molecule has 4 nitrogen and oxygen atoms in total. The summed E-state index contributed by atoms with van der Waals surface area (Å²) in [5.41, 5.74) is 14.8. The largest absolute Gasteiger partial charge is 0.399 e. The molecule has 20 heavy (non-hydrogen) atoms. The van der Waals surface area contributed by atoms with Crippen molar-refractivity contribution in [2.24, 2.45) is 5.73 Å². The standard InChI is InChI=1S/C16H19N3O/c1-10(2)11-4-3-5-13(8-11)19-15-7-6-12(17)9-14(15)16(18)20/h3-10,19H,17H2,1-2H3,(H2,18,20). The third-order valence-corrected chi connectivity index (χ3v) is 3.14. The van der Waals surface area contributed by atoms with Crippen LogP contribution in [0.1, 0.15) is 35.7 Å². The smallest absolute Gasteiger partial charge is 0.250 e. The van der Waals surface area contributed by atoms with Gasteiger partial charge < -0.3 is 16.8 Å². The lowest BCUT2D eigenvalue weighted by molar-refractivity contribution is 0.100. The van der Waals surface area contributed by atoms with E-state index in [1.807, 2.05) is 12.1 Å². The number of hydrogen-bond acceptors (Lipinski definition) is 3. The molecule has 4 heteroatoms. The number of hydrogen-bond donors (Lipinski definition) is 3. The molecule has 0 aliphatic rings. The molecule has 0 spiro atoms. The molecule has 0 saturated heterocycles. The molecule has 5 N–H and O–H groups in total. The maximum atomic E-state index is 11.5. The lowest BCUT2D eigenvalue weighted by Crippen LogP contribution is -2.13. The van der Waals surface area contributed by atoms with Crippen molar-refractivity contribution in [3.63, 3.8) is 0 Å². The summed E-state index contributed by atoms with van der Waals surface area (Å²) < 4.78 is 0. The second-order valence-corrected chi connectivity index (χ2v) is 5.07. The average Bonchev–Trinajstić information content (AvgIpc) is 2.41. The molecule has 0 heterocycles. The van der Waals surface area contributed by atoms with Gasteiger partial charge in [-0.2, -0.15) is 0 Å². The number of nitrogen functional groups attached to an aromatic ring is 1. The van der Waals surface area contributed by atoms with Crippen molar-refractivity contribution in [2.75, 3.05) is 11.1 Å². The Morgan fingerprint density at radius 2 is 1.90 bits per heavy atom. The summed E-state index contributed by atoms with van der Waals surface area (Å²) in [7, 11) is 0. The summed E-state index contributed by atoms with van der Waals surface area (Å²) >= 11 is 0. The van der Waals surface area contributed by atoms with Gasteiger partial charge in [-0.1, -0.05) is 26.0 Å². The zero-order chi connectivity index (χ0) is 14.7. The number of carbonyl (C=O) groups excluding carboxylic acids is 1. The van der Waals surface area contributed by atoms with E-state index in [-0.39, 0.29) is 0 Å². The Kier molecular flexibility index (Phi) is 3.94. The van der Waals surface area contributed by atoms with Gasteiger partial charge in [-0.15, -0.1) is 0 Å². The molecule has 0 aliphatic heterocycles. The summed E-state index contributed by atoms with van der Waals surface area (Å²) in [4.78, 5) is 11.5. The van der Waals surface area contributed by atoms with E-state index < -0.39 is 5.91 Å². The first-order valence-corrected chi connectivity index (χ1v) is 6.53. The van der Waals surface area contributed by atoms with Crippen LogP contribution in [0.5, 0.6) is 0 Å². The summed E-state index contributed by atoms with van der Waals surface area (Å²) in [5, 5.41) is 3.22. The monoisotopic (exact) mass is 269 g/mol. The first-order chi connectivity index (χ1) is 9.47. The zero-order valence-electron chi connectivity index (χ0n) is 11.7. The van der Waals surface area contributed by atoms with E-state index in [0.717, 1.165) is 5.69 Å². The van der Waals surface area contributed by atoms with Crippen molar-refractivity contribution in [1.82, 2.24) is 0 Å². The van der Waals surface area contributed by atoms with Crippen LogP contribution in [0.3, 0.4) is 0 Å². The highest BCUT2D eigenvalue weighted by molar-refractivity contribution is 6.00. The van der Waals surface area contributed by atoms with Crippen LogP contribution in [0.15, 0.2) is 42.5 Å². The van der Waals surface area contributed by atoms with Gasteiger partial charge in [-0.05, 0) is 41.8 Å². The molecule has 0 atom stereocenters. The molecular weight excluding hydrogens is 250 g/mol. The highest BCUT2D eigenvalue weighted by Gasteiger charge is 2.09. The summed E-state index contributed by atoms with van der Waals surface area (Å²) in [6.45, 7) is 4.27. The van der Waals surface area contributed by atoms with E-state index in [9.17, 15) is 4.79 Å². The van der Waals surface area contributed by atoms with Crippen molar-refractivity contribution in [3.8, 4) is 0 Å². The second kappa shape index (κ2) is 5.65. The molecule has 2 rings (SSSR count). The molecule has 0 unspecified atom stereocenters. The molecule has 2 aromatic carbocycles. The number of rotatable bonds is 4. The summed E-state index contributed by atoms with van der Waals surface area (Å²) in [6.07, 6.45) is 0. The number of carbonyl (C=O) groups is 1. The maximum absolute atomic E-state index is 11.5. The van der Waals surface area contributed by atoms with Gasteiger partial charge in [0.15, 0.2) is 0 Å². The highest BCUT2D eigenvalue weighted by atomic mass is 16.1. The zero-order valence-corrected chi connectivity index (χ0v) is 11.7. The minimum Gasteiger partial charge on any atom is -0.399 e. The number of benzene rings is 2. The molecule has 0 bridgehead atoms. The van der Waals surface area contributed by atoms with Crippen LogP contribution < -0.4 is 16.8 Å². The highest BCUT2D eigenvalue weighted by Crippen LogP contribution is 2.25. The maximum Gasteiger partial charge on any atom is 0.250 e. The Hall–Kier alpha value is -2.49. The van der Waals surface area contributed by atoms with Gasteiger partial charge >= 0.3 is 0 Å². The predicted molar refractivity (Wildman–Crippen MR) is 83.2 cm³/mol. The first-order valence-electron chi connectivity index (χ1n) is 6.53.